The van der Waals surface area contributed by atoms with Gasteiger partial charge in [-0.15, -0.1) is 0 Å². The van der Waals surface area contributed by atoms with Crippen LogP contribution >= 0.6 is 11.6 Å². The molecule has 0 saturated heterocycles. The largest absolute Gasteiger partial charge is 0.388 e. The van der Waals surface area contributed by atoms with Gasteiger partial charge in [-0.2, -0.15) is 0 Å². The van der Waals surface area contributed by atoms with E-state index in [1.165, 1.54) is 12.1 Å². The van der Waals surface area contributed by atoms with Crippen molar-refractivity contribution < 1.29 is 9.50 Å². The maximum absolute atomic E-state index is 12.8. The minimum absolute atomic E-state index is 0.226. The van der Waals surface area contributed by atoms with Gasteiger partial charge in [0.25, 0.3) is 0 Å². The van der Waals surface area contributed by atoms with E-state index in [1.54, 1.807) is 18.2 Å². The summed E-state index contributed by atoms with van der Waals surface area (Å²) in [7, 11) is 1.97. The molecule has 4 heteroatoms. The molecule has 0 amide bonds. The van der Waals surface area contributed by atoms with E-state index in [0.717, 1.165) is 24.2 Å². The van der Waals surface area contributed by atoms with Crippen molar-refractivity contribution in [2.45, 2.75) is 19.1 Å². The molecule has 2 nitrogen and oxygen atoms in total. The molecule has 0 aromatic heterocycles. The van der Waals surface area contributed by atoms with Crippen LogP contribution < -0.4 is 0 Å². The molecule has 1 atom stereocenters. The summed E-state index contributed by atoms with van der Waals surface area (Å²) in [4.78, 5) is 2.09. The van der Waals surface area contributed by atoms with Crippen LogP contribution in [0, 0.1) is 5.82 Å². The first-order valence-corrected chi connectivity index (χ1v) is 7.29. The maximum atomic E-state index is 12.8. The van der Waals surface area contributed by atoms with E-state index in [4.69, 9.17) is 11.6 Å². The van der Waals surface area contributed by atoms with Gasteiger partial charge >= 0.3 is 0 Å². The molecule has 112 valence electrons. The first kappa shape index (κ1) is 16.0. The second kappa shape index (κ2) is 7.55. The summed E-state index contributed by atoms with van der Waals surface area (Å²) in [5.41, 5.74) is 1.81. The Kier molecular flexibility index (Phi) is 5.74. The fourth-order valence-electron chi connectivity index (χ4n) is 2.22. The predicted molar refractivity (Wildman–Crippen MR) is 83.8 cm³/mol. The van der Waals surface area contributed by atoms with E-state index < -0.39 is 6.10 Å². The molecule has 0 heterocycles. The van der Waals surface area contributed by atoms with E-state index in [0.29, 0.717) is 11.4 Å². The summed E-state index contributed by atoms with van der Waals surface area (Å²) >= 11 is 6.07. The quantitative estimate of drug-likeness (QED) is 0.871. The minimum Gasteiger partial charge on any atom is -0.388 e. The standard InChI is InChI=1S/C17H19ClFNO/c1-20(12-13-6-8-14(19)9-7-13)11-10-17(21)15-4-2-3-5-16(15)18/h2-9,17,21H,10-12H2,1H3. The van der Waals surface area contributed by atoms with Crippen molar-refractivity contribution in [3.05, 3.63) is 70.5 Å². The summed E-state index contributed by atoms with van der Waals surface area (Å²) < 4.78 is 12.8. The monoisotopic (exact) mass is 307 g/mol. The molecule has 2 aromatic carbocycles. The number of aliphatic hydroxyl groups excluding tert-OH is 1. The number of nitrogens with zero attached hydrogens (tertiary/aromatic N) is 1. The number of aliphatic hydroxyl groups is 1. The van der Waals surface area contributed by atoms with Gasteiger partial charge in [-0.3, -0.25) is 0 Å². The van der Waals surface area contributed by atoms with Crippen LogP contribution in [0.1, 0.15) is 23.7 Å². The molecule has 2 rings (SSSR count). The lowest BCUT2D eigenvalue weighted by molar-refractivity contribution is 0.148. The molecule has 0 aliphatic carbocycles. The van der Waals surface area contributed by atoms with Gasteiger partial charge in [-0.25, -0.2) is 4.39 Å². The van der Waals surface area contributed by atoms with E-state index in [2.05, 4.69) is 4.90 Å². The van der Waals surface area contributed by atoms with Gasteiger partial charge in [-0.05, 0) is 42.8 Å². The normalized spacial score (nSPS) is 12.6. The van der Waals surface area contributed by atoms with Crippen LogP contribution in [0.15, 0.2) is 48.5 Å². The van der Waals surface area contributed by atoms with Crippen molar-refractivity contribution in [1.82, 2.24) is 4.90 Å². The molecule has 1 N–H and O–H groups in total. The van der Waals surface area contributed by atoms with Crippen molar-refractivity contribution >= 4 is 11.6 Å². The molecule has 1 unspecified atom stereocenters. The van der Waals surface area contributed by atoms with Gasteiger partial charge in [0.2, 0.25) is 0 Å². The minimum atomic E-state index is -0.575. The van der Waals surface area contributed by atoms with Gasteiger partial charge in [0.05, 0.1) is 6.10 Å². The van der Waals surface area contributed by atoms with Gasteiger partial charge in [0.1, 0.15) is 5.82 Å². The third-order valence-corrected chi connectivity index (χ3v) is 3.76. The molecule has 0 aliphatic rings. The van der Waals surface area contributed by atoms with Crippen LogP contribution in [-0.4, -0.2) is 23.6 Å². The molecule has 21 heavy (non-hydrogen) atoms. The summed E-state index contributed by atoms with van der Waals surface area (Å²) in [5.74, 6) is -0.226. The fourth-order valence-corrected chi connectivity index (χ4v) is 2.49. The van der Waals surface area contributed by atoms with Crippen LogP contribution in [0.25, 0.3) is 0 Å². The van der Waals surface area contributed by atoms with Crippen LogP contribution in [-0.2, 0) is 6.54 Å². The maximum Gasteiger partial charge on any atom is 0.123 e. The van der Waals surface area contributed by atoms with Gasteiger partial charge in [0, 0.05) is 18.1 Å². The molecule has 0 saturated carbocycles. The highest BCUT2D eigenvalue weighted by Gasteiger charge is 2.12. The number of rotatable bonds is 6. The van der Waals surface area contributed by atoms with E-state index in [9.17, 15) is 9.50 Å². The lowest BCUT2D eigenvalue weighted by atomic mass is 10.1. The zero-order chi connectivity index (χ0) is 15.2. The number of halogens is 2. The molecule has 2 aromatic rings. The Labute approximate surface area is 129 Å². The average molecular weight is 308 g/mol. The Balaban J connectivity index is 1.85. The molecule has 0 spiro atoms. The van der Waals surface area contributed by atoms with Crippen molar-refractivity contribution in [1.29, 1.82) is 0 Å². The van der Waals surface area contributed by atoms with Crippen molar-refractivity contribution in [3.8, 4) is 0 Å². The van der Waals surface area contributed by atoms with E-state index >= 15 is 0 Å². The van der Waals surface area contributed by atoms with Crippen molar-refractivity contribution in [3.63, 3.8) is 0 Å². The summed E-state index contributed by atoms with van der Waals surface area (Å²) in [6.07, 6.45) is 0.0240. The number of hydrogen-bond acceptors (Lipinski definition) is 2. The zero-order valence-electron chi connectivity index (χ0n) is 12.0. The predicted octanol–water partition coefficient (Wildman–Crippen LogP) is 4.03. The Bertz CT molecular complexity index is 573. The summed E-state index contributed by atoms with van der Waals surface area (Å²) in [5, 5.41) is 10.8. The Morgan fingerprint density at radius 3 is 2.48 bits per heavy atom. The molecular weight excluding hydrogens is 289 g/mol. The smallest absolute Gasteiger partial charge is 0.123 e. The van der Waals surface area contributed by atoms with Gasteiger partial charge in [-0.1, -0.05) is 41.9 Å². The van der Waals surface area contributed by atoms with Crippen molar-refractivity contribution in [2.24, 2.45) is 0 Å². The first-order valence-electron chi connectivity index (χ1n) is 6.92. The molecule has 0 bridgehead atoms. The number of benzene rings is 2. The molecule has 0 radical (unpaired) electrons. The van der Waals surface area contributed by atoms with Crippen LogP contribution in [0.4, 0.5) is 4.39 Å². The van der Waals surface area contributed by atoms with Gasteiger partial charge < -0.3 is 10.0 Å². The highest BCUT2D eigenvalue weighted by atomic mass is 35.5. The first-order chi connectivity index (χ1) is 10.1. The lowest BCUT2D eigenvalue weighted by Gasteiger charge is -2.19. The Morgan fingerprint density at radius 1 is 1.14 bits per heavy atom. The highest BCUT2D eigenvalue weighted by molar-refractivity contribution is 6.31. The molecule has 0 fully saturated rings. The fraction of sp³-hybridized carbons (Fsp3) is 0.294. The molecule has 0 aliphatic heterocycles. The molecular formula is C17H19ClFNO. The SMILES string of the molecule is CN(CCC(O)c1ccccc1Cl)Cc1ccc(F)cc1. The van der Waals surface area contributed by atoms with E-state index in [-0.39, 0.29) is 5.82 Å². The van der Waals surface area contributed by atoms with E-state index in [1.807, 2.05) is 25.2 Å². The summed E-state index contributed by atoms with van der Waals surface area (Å²) in [6, 6.07) is 13.8. The Morgan fingerprint density at radius 2 is 1.81 bits per heavy atom. The second-order valence-corrected chi connectivity index (χ2v) is 5.60. The Hall–Kier alpha value is -1.42. The second-order valence-electron chi connectivity index (χ2n) is 5.19. The third-order valence-electron chi connectivity index (χ3n) is 3.41. The lowest BCUT2D eigenvalue weighted by Crippen LogP contribution is -2.21. The van der Waals surface area contributed by atoms with Gasteiger partial charge in [0.15, 0.2) is 0 Å². The zero-order valence-corrected chi connectivity index (χ0v) is 12.7. The third kappa shape index (κ3) is 4.81. The van der Waals surface area contributed by atoms with Crippen LogP contribution in [0.5, 0.6) is 0 Å². The van der Waals surface area contributed by atoms with Crippen LogP contribution in [0.2, 0.25) is 5.02 Å². The average Bonchev–Trinajstić information content (AvgIpc) is 2.48. The van der Waals surface area contributed by atoms with Crippen molar-refractivity contribution in [2.75, 3.05) is 13.6 Å². The summed E-state index contributed by atoms with van der Waals surface area (Å²) in [6.45, 7) is 1.44. The number of hydrogen-bond donors (Lipinski definition) is 1. The topological polar surface area (TPSA) is 23.5 Å². The van der Waals surface area contributed by atoms with Crippen LogP contribution in [0.3, 0.4) is 0 Å². The highest BCUT2D eigenvalue weighted by Crippen LogP contribution is 2.24.